The second kappa shape index (κ2) is 6.92. The number of carbonyl (C=O) groups excluding carboxylic acids is 2. The second-order valence-electron chi connectivity index (χ2n) is 6.30. The zero-order valence-corrected chi connectivity index (χ0v) is 14.8. The van der Waals surface area contributed by atoms with Crippen molar-refractivity contribution in [3.05, 3.63) is 64.6 Å². The molecule has 0 saturated carbocycles. The van der Waals surface area contributed by atoms with E-state index in [0.717, 1.165) is 42.3 Å². The Hall–Kier alpha value is -2.66. The molecule has 132 valence electrons. The van der Waals surface area contributed by atoms with Crippen LogP contribution >= 0.6 is 11.6 Å². The molecule has 0 atom stereocenters. The Morgan fingerprint density at radius 3 is 2.77 bits per heavy atom. The van der Waals surface area contributed by atoms with Crippen molar-refractivity contribution in [2.45, 2.75) is 25.7 Å². The van der Waals surface area contributed by atoms with Crippen molar-refractivity contribution in [3.63, 3.8) is 0 Å². The van der Waals surface area contributed by atoms with Crippen LogP contribution in [0.25, 0.3) is 10.9 Å². The molecule has 6 heteroatoms. The Labute approximate surface area is 155 Å². The molecule has 2 heterocycles. The Kier molecular flexibility index (Phi) is 4.47. The maximum Gasteiger partial charge on any atom is 0.341 e. The number of pyridine rings is 1. The zero-order chi connectivity index (χ0) is 18.1. The van der Waals surface area contributed by atoms with Gasteiger partial charge in [0.25, 0.3) is 5.91 Å². The molecule has 0 N–H and O–H groups in total. The van der Waals surface area contributed by atoms with Gasteiger partial charge < -0.3 is 4.74 Å². The highest BCUT2D eigenvalue weighted by Crippen LogP contribution is 2.32. The molecule has 0 aliphatic heterocycles. The minimum atomic E-state index is -0.651. The van der Waals surface area contributed by atoms with Gasteiger partial charge in [-0.3, -0.25) is 9.36 Å². The molecule has 0 amide bonds. The van der Waals surface area contributed by atoms with Crippen LogP contribution in [-0.2, 0) is 17.6 Å². The number of aryl methyl sites for hydroxylation is 1. The highest BCUT2D eigenvalue weighted by Gasteiger charge is 2.24. The van der Waals surface area contributed by atoms with Crippen molar-refractivity contribution in [1.82, 2.24) is 9.55 Å². The number of aromatic nitrogens is 2. The Balaban J connectivity index is 1.61. The number of carbonyl (C=O) groups is 2. The van der Waals surface area contributed by atoms with Gasteiger partial charge >= 0.3 is 5.97 Å². The number of esters is 1. The second-order valence-corrected chi connectivity index (χ2v) is 6.65. The first-order valence-electron chi connectivity index (χ1n) is 8.59. The number of nitrogens with zero attached hydrogens (tertiary/aromatic N) is 2. The van der Waals surface area contributed by atoms with Gasteiger partial charge in [0, 0.05) is 17.3 Å². The number of halogens is 1. The van der Waals surface area contributed by atoms with E-state index in [1.807, 2.05) is 24.3 Å². The van der Waals surface area contributed by atoms with Crippen LogP contribution in [0.4, 0.5) is 0 Å². The van der Waals surface area contributed by atoms with Crippen molar-refractivity contribution in [2.75, 3.05) is 6.61 Å². The largest absolute Gasteiger partial charge is 0.452 e. The van der Waals surface area contributed by atoms with Gasteiger partial charge in [0.2, 0.25) is 0 Å². The van der Waals surface area contributed by atoms with Crippen molar-refractivity contribution in [1.29, 1.82) is 0 Å². The van der Waals surface area contributed by atoms with Crippen LogP contribution in [0.15, 0.2) is 42.6 Å². The Bertz CT molecular complexity index is 1010. The van der Waals surface area contributed by atoms with Crippen LogP contribution in [0.5, 0.6) is 0 Å². The smallest absolute Gasteiger partial charge is 0.341 e. The summed E-state index contributed by atoms with van der Waals surface area (Å²) in [6.45, 7) is -0.338. The third-order valence-corrected chi connectivity index (χ3v) is 5.04. The molecule has 0 fully saturated rings. The summed E-state index contributed by atoms with van der Waals surface area (Å²) >= 11 is 5.90. The van der Waals surface area contributed by atoms with E-state index in [4.69, 9.17) is 16.3 Å². The van der Waals surface area contributed by atoms with Crippen molar-refractivity contribution >= 4 is 34.4 Å². The van der Waals surface area contributed by atoms with Crippen LogP contribution in [0.2, 0.25) is 5.15 Å². The van der Waals surface area contributed by atoms with Crippen molar-refractivity contribution < 1.29 is 14.3 Å². The summed E-state index contributed by atoms with van der Waals surface area (Å²) in [5.74, 6) is -0.903. The highest BCUT2D eigenvalue weighted by atomic mass is 35.5. The maximum atomic E-state index is 12.8. The molecule has 0 bridgehead atoms. The fraction of sp³-hybridized carbons (Fsp3) is 0.250. The number of hydrogen-bond donors (Lipinski definition) is 0. The van der Waals surface area contributed by atoms with Gasteiger partial charge in [0.15, 0.2) is 6.61 Å². The summed E-state index contributed by atoms with van der Waals surface area (Å²) in [6, 6.07) is 11.0. The summed E-state index contributed by atoms with van der Waals surface area (Å²) in [5.41, 5.74) is 3.31. The van der Waals surface area contributed by atoms with E-state index in [-0.39, 0.29) is 23.2 Å². The van der Waals surface area contributed by atoms with Gasteiger partial charge in [-0.05, 0) is 49.4 Å². The molecule has 2 aromatic heterocycles. The summed E-state index contributed by atoms with van der Waals surface area (Å²) in [6.07, 6.45) is 5.51. The molecular formula is C20H17ClN2O3. The van der Waals surface area contributed by atoms with Crippen LogP contribution in [0, 0.1) is 0 Å². The summed E-state index contributed by atoms with van der Waals surface area (Å²) in [7, 11) is 0. The summed E-state index contributed by atoms with van der Waals surface area (Å²) in [5, 5.41) is 1.17. The van der Waals surface area contributed by atoms with E-state index in [2.05, 4.69) is 4.98 Å². The lowest BCUT2D eigenvalue weighted by molar-refractivity contribution is 0.0449. The van der Waals surface area contributed by atoms with E-state index < -0.39 is 5.97 Å². The molecule has 1 aliphatic rings. The fourth-order valence-corrected chi connectivity index (χ4v) is 3.78. The monoisotopic (exact) mass is 368 g/mol. The minimum absolute atomic E-state index is 0.0637. The standard InChI is InChI=1S/C20H17ClN2O3/c21-19-15(8-5-11-22-19)20(25)26-12-18(24)23-16-9-3-1-6-13(16)14-7-2-4-10-17(14)23/h1,3,5-6,8-9,11H,2,4,7,10,12H2. The van der Waals surface area contributed by atoms with Crippen molar-refractivity contribution in [2.24, 2.45) is 0 Å². The molecule has 0 radical (unpaired) electrons. The molecule has 0 unspecified atom stereocenters. The number of rotatable bonds is 3. The average Bonchev–Trinajstić information content (AvgIpc) is 3.01. The van der Waals surface area contributed by atoms with Crippen molar-refractivity contribution in [3.8, 4) is 0 Å². The minimum Gasteiger partial charge on any atom is -0.452 e. The Morgan fingerprint density at radius 2 is 1.92 bits per heavy atom. The lowest BCUT2D eigenvalue weighted by atomic mass is 9.96. The molecule has 1 aromatic carbocycles. The first-order valence-corrected chi connectivity index (χ1v) is 8.96. The molecule has 3 aromatic rings. The quantitative estimate of drug-likeness (QED) is 0.516. The molecule has 0 saturated heterocycles. The van der Waals surface area contributed by atoms with Gasteiger partial charge in [0.05, 0.1) is 11.1 Å². The van der Waals surface area contributed by atoms with E-state index in [1.54, 1.807) is 10.6 Å². The first-order chi connectivity index (χ1) is 12.7. The van der Waals surface area contributed by atoms with E-state index in [9.17, 15) is 9.59 Å². The number of benzene rings is 1. The van der Waals surface area contributed by atoms with E-state index >= 15 is 0 Å². The fourth-order valence-electron chi connectivity index (χ4n) is 3.59. The van der Waals surface area contributed by atoms with E-state index in [1.165, 1.54) is 17.8 Å². The van der Waals surface area contributed by atoms with Crippen LogP contribution in [0.1, 0.15) is 39.3 Å². The third-order valence-electron chi connectivity index (χ3n) is 4.73. The molecule has 4 rings (SSSR count). The molecule has 5 nitrogen and oxygen atoms in total. The number of hydrogen-bond acceptors (Lipinski definition) is 4. The van der Waals surface area contributed by atoms with Gasteiger partial charge in [-0.2, -0.15) is 0 Å². The zero-order valence-electron chi connectivity index (χ0n) is 14.1. The van der Waals surface area contributed by atoms with E-state index in [0.29, 0.717) is 0 Å². The number of para-hydroxylation sites is 1. The third kappa shape index (κ3) is 2.88. The maximum absolute atomic E-state index is 12.8. The Morgan fingerprint density at radius 1 is 1.12 bits per heavy atom. The summed E-state index contributed by atoms with van der Waals surface area (Å²) in [4.78, 5) is 28.9. The molecule has 1 aliphatic carbocycles. The van der Waals surface area contributed by atoms with Gasteiger partial charge in [0.1, 0.15) is 5.15 Å². The normalized spacial score (nSPS) is 13.4. The molecule has 0 spiro atoms. The van der Waals surface area contributed by atoms with Crippen LogP contribution in [-0.4, -0.2) is 28.0 Å². The van der Waals surface area contributed by atoms with Gasteiger partial charge in [-0.1, -0.05) is 29.8 Å². The predicted molar refractivity (Wildman–Crippen MR) is 98.7 cm³/mol. The van der Waals surface area contributed by atoms with Gasteiger partial charge in [-0.15, -0.1) is 0 Å². The molecule has 26 heavy (non-hydrogen) atoms. The van der Waals surface area contributed by atoms with Crippen LogP contribution < -0.4 is 0 Å². The topological polar surface area (TPSA) is 61.2 Å². The first kappa shape index (κ1) is 16.8. The SMILES string of the molecule is O=C(OCC(=O)n1c2c(c3ccccc31)CCCC2)c1cccnc1Cl. The van der Waals surface area contributed by atoms with Gasteiger partial charge in [-0.25, -0.2) is 9.78 Å². The lowest BCUT2D eigenvalue weighted by Gasteiger charge is -2.15. The average molecular weight is 369 g/mol. The summed E-state index contributed by atoms with van der Waals surface area (Å²) < 4.78 is 6.91. The number of fused-ring (bicyclic) bond motifs is 3. The highest BCUT2D eigenvalue weighted by molar-refractivity contribution is 6.32. The lowest BCUT2D eigenvalue weighted by Crippen LogP contribution is -2.23. The number of ether oxygens (including phenoxy) is 1. The predicted octanol–water partition coefficient (Wildman–Crippen LogP) is 4.07. The molecular weight excluding hydrogens is 352 g/mol. The van der Waals surface area contributed by atoms with Crippen LogP contribution in [0.3, 0.4) is 0 Å².